The quantitative estimate of drug-likeness (QED) is 0.596. The number of halogens is 2. The fourth-order valence-electron chi connectivity index (χ4n) is 2.33. The van der Waals surface area contributed by atoms with Gasteiger partial charge in [0.25, 0.3) is 11.6 Å². The summed E-state index contributed by atoms with van der Waals surface area (Å²) in [5, 5.41) is 15.4. The minimum absolute atomic E-state index is 0.238. The van der Waals surface area contributed by atoms with E-state index in [-0.39, 0.29) is 11.3 Å². The minimum Gasteiger partial charge on any atom is -0.340 e. The van der Waals surface area contributed by atoms with Crippen LogP contribution in [0.2, 0.25) is 0 Å². The van der Waals surface area contributed by atoms with Gasteiger partial charge in [-0.15, -0.1) is 0 Å². The van der Waals surface area contributed by atoms with E-state index in [4.69, 9.17) is 0 Å². The number of nitrogens with zero attached hydrogens (tertiary/aromatic N) is 1. The van der Waals surface area contributed by atoms with Crippen molar-refractivity contribution in [2.24, 2.45) is 5.92 Å². The van der Waals surface area contributed by atoms with Gasteiger partial charge in [0.05, 0.1) is 16.2 Å². The van der Waals surface area contributed by atoms with Gasteiger partial charge in [0.2, 0.25) is 5.91 Å². The average Bonchev–Trinajstić information content (AvgIpc) is 2.61. The number of nitro groups is 1. The van der Waals surface area contributed by atoms with Crippen LogP contribution < -0.4 is 10.6 Å². The number of carbonyl (C=O) groups is 2. The van der Waals surface area contributed by atoms with Gasteiger partial charge in [-0.3, -0.25) is 19.7 Å². The van der Waals surface area contributed by atoms with Gasteiger partial charge >= 0.3 is 0 Å². The summed E-state index contributed by atoms with van der Waals surface area (Å²) in [6, 6.07) is 6.85. The van der Waals surface area contributed by atoms with E-state index >= 15 is 0 Å². The van der Waals surface area contributed by atoms with Crippen molar-refractivity contribution in [2.45, 2.75) is 19.9 Å². The van der Waals surface area contributed by atoms with E-state index in [1.807, 2.05) is 0 Å². The number of nitrogens with one attached hydrogen (secondary N) is 2. The summed E-state index contributed by atoms with van der Waals surface area (Å²) in [7, 11) is 0. The third-order valence-electron chi connectivity index (χ3n) is 3.77. The highest BCUT2D eigenvalue weighted by molar-refractivity contribution is 6.01. The molecule has 2 aromatic rings. The molecule has 2 aromatic carbocycles. The monoisotopic (exact) mass is 377 g/mol. The normalized spacial score (nSPS) is 11.7. The van der Waals surface area contributed by atoms with Crippen LogP contribution in [0.3, 0.4) is 0 Å². The molecular formula is C18H17F2N3O4. The fraction of sp³-hybridized carbons (Fsp3) is 0.222. The number of nitro benzene ring substituents is 1. The maximum Gasteiger partial charge on any atom is 0.271 e. The lowest BCUT2D eigenvalue weighted by Gasteiger charge is -2.22. The van der Waals surface area contributed by atoms with Gasteiger partial charge in [-0.05, 0) is 24.1 Å². The Morgan fingerprint density at radius 1 is 1.07 bits per heavy atom. The lowest BCUT2D eigenvalue weighted by Crippen LogP contribution is -2.47. The van der Waals surface area contributed by atoms with Crippen molar-refractivity contribution in [3.8, 4) is 0 Å². The highest BCUT2D eigenvalue weighted by atomic mass is 19.1. The van der Waals surface area contributed by atoms with Gasteiger partial charge in [0.15, 0.2) is 0 Å². The van der Waals surface area contributed by atoms with Crippen molar-refractivity contribution in [3.63, 3.8) is 0 Å². The molecular weight excluding hydrogens is 360 g/mol. The van der Waals surface area contributed by atoms with Gasteiger partial charge in [-0.25, -0.2) is 8.78 Å². The molecule has 0 aliphatic carbocycles. The summed E-state index contributed by atoms with van der Waals surface area (Å²) in [6.45, 7) is 3.27. The molecule has 0 spiro atoms. The van der Waals surface area contributed by atoms with Crippen LogP contribution in [0.1, 0.15) is 24.2 Å². The number of hydrogen-bond donors (Lipinski definition) is 2. The van der Waals surface area contributed by atoms with Gasteiger partial charge < -0.3 is 10.6 Å². The first kappa shape index (κ1) is 20.0. The topological polar surface area (TPSA) is 101 Å². The highest BCUT2D eigenvalue weighted by Gasteiger charge is 2.27. The molecule has 0 saturated heterocycles. The lowest BCUT2D eigenvalue weighted by molar-refractivity contribution is -0.384. The number of anilines is 1. The van der Waals surface area contributed by atoms with E-state index in [2.05, 4.69) is 10.6 Å². The van der Waals surface area contributed by atoms with Gasteiger partial charge in [-0.1, -0.05) is 26.0 Å². The first-order valence-corrected chi connectivity index (χ1v) is 8.01. The summed E-state index contributed by atoms with van der Waals surface area (Å²) in [5.74, 6) is -3.61. The zero-order valence-corrected chi connectivity index (χ0v) is 14.5. The second-order valence-electron chi connectivity index (χ2n) is 6.09. The second-order valence-corrected chi connectivity index (χ2v) is 6.09. The SMILES string of the molecule is CC(C)C(NC(=O)c1ccccc1F)C(=O)Nc1cc([N+](=O)[O-])ccc1F. The summed E-state index contributed by atoms with van der Waals surface area (Å²) >= 11 is 0. The number of amides is 2. The van der Waals surface area contributed by atoms with Crippen LogP contribution in [0.25, 0.3) is 0 Å². The zero-order valence-electron chi connectivity index (χ0n) is 14.5. The molecule has 1 atom stereocenters. The maximum absolute atomic E-state index is 13.9. The first-order chi connectivity index (χ1) is 12.7. The number of rotatable bonds is 6. The van der Waals surface area contributed by atoms with Crippen LogP contribution >= 0.6 is 0 Å². The van der Waals surface area contributed by atoms with E-state index in [1.54, 1.807) is 13.8 Å². The molecule has 27 heavy (non-hydrogen) atoms. The predicted octanol–water partition coefficient (Wildman–Crippen LogP) is 3.27. The van der Waals surface area contributed by atoms with Crippen molar-refractivity contribution in [2.75, 3.05) is 5.32 Å². The third-order valence-corrected chi connectivity index (χ3v) is 3.77. The largest absolute Gasteiger partial charge is 0.340 e. The Bertz CT molecular complexity index is 887. The molecule has 2 rings (SSSR count). The molecule has 0 aromatic heterocycles. The molecule has 0 radical (unpaired) electrons. The van der Waals surface area contributed by atoms with Gasteiger partial charge in [0.1, 0.15) is 17.7 Å². The van der Waals surface area contributed by atoms with E-state index in [0.717, 1.165) is 24.3 Å². The molecule has 1 unspecified atom stereocenters. The fourth-order valence-corrected chi connectivity index (χ4v) is 2.33. The van der Waals surface area contributed by atoms with E-state index in [9.17, 15) is 28.5 Å². The molecule has 0 heterocycles. The summed E-state index contributed by atoms with van der Waals surface area (Å²) in [4.78, 5) is 34.8. The molecule has 0 fully saturated rings. The van der Waals surface area contributed by atoms with Crippen molar-refractivity contribution >= 4 is 23.2 Å². The molecule has 0 saturated carbocycles. The average molecular weight is 377 g/mol. The number of benzene rings is 2. The molecule has 0 bridgehead atoms. The van der Waals surface area contributed by atoms with Crippen LogP contribution in [0, 0.1) is 27.7 Å². The molecule has 0 aliphatic heterocycles. The zero-order chi connectivity index (χ0) is 20.1. The summed E-state index contributed by atoms with van der Waals surface area (Å²) in [5.41, 5.74) is -1.03. The van der Waals surface area contributed by atoms with E-state index < -0.39 is 46.0 Å². The van der Waals surface area contributed by atoms with Crippen molar-refractivity contribution in [1.29, 1.82) is 0 Å². The molecule has 2 N–H and O–H groups in total. The standard InChI is InChI=1S/C18H17F2N3O4/c1-10(2)16(22-17(24)12-5-3-4-6-13(12)19)18(25)21-15-9-11(23(26)27)7-8-14(15)20/h3-10,16H,1-2H3,(H,21,25)(H,22,24). The number of carbonyl (C=O) groups excluding carboxylic acids is 2. The Morgan fingerprint density at radius 2 is 1.74 bits per heavy atom. The van der Waals surface area contributed by atoms with E-state index in [0.29, 0.717) is 0 Å². The van der Waals surface area contributed by atoms with Crippen LogP contribution in [-0.2, 0) is 4.79 Å². The van der Waals surface area contributed by atoms with Crippen molar-refractivity contribution < 1.29 is 23.3 Å². The van der Waals surface area contributed by atoms with Crippen LogP contribution in [0.5, 0.6) is 0 Å². The number of hydrogen-bond acceptors (Lipinski definition) is 4. The summed E-state index contributed by atoms with van der Waals surface area (Å²) in [6.07, 6.45) is 0. The Kier molecular flexibility index (Phi) is 6.17. The van der Waals surface area contributed by atoms with Gasteiger partial charge in [0, 0.05) is 12.1 Å². The molecule has 9 heteroatoms. The first-order valence-electron chi connectivity index (χ1n) is 8.01. The Balaban J connectivity index is 2.21. The Labute approximate surface area is 153 Å². The minimum atomic E-state index is -1.12. The maximum atomic E-state index is 13.9. The van der Waals surface area contributed by atoms with E-state index in [1.165, 1.54) is 18.2 Å². The number of non-ortho nitro benzene ring substituents is 1. The predicted molar refractivity (Wildman–Crippen MR) is 94.2 cm³/mol. The van der Waals surface area contributed by atoms with Gasteiger partial charge in [-0.2, -0.15) is 0 Å². The van der Waals surface area contributed by atoms with Crippen LogP contribution in [-0.4, -0.2) is 22.8 Å². The lowest BCUT2D eigenvalue weighted by atomic mass is 10.0. The molecule has 2 amide bonds. The van der Waals surface area contributed by atoms with Crippen LogP contribution in [0.4, 0.5) is 20.2 Å². The molecule has 0 aliphatic rings. The second kappa shape index (κ2) is 8.35. The summed E-state index contributed by atoms with van der Waals surface area (Å²) < 4.78 is 27.6. The smallest absolute Gasteiger partial charge is 0.271 e. The highest BCUT2D eigenvalue weighted by Crippen LogP contribution is 2.22. The van der Waals surface area contributed by atoms with Crippen LogP contribution in [0.15, 0.2) is 42.5 Å². The Hall–Kier alpha value is -3.36. The van der Waals surface area contributed by atoms with Crippen molar-refractivity contribution in [3.05, 3.63) is 69.8 Å². The molecule has 7 nitrogen and oxygen atoms in total. The molecule has 142 valence electrons. The van der Waals surface area contributed by atoms with Crippen molar-refractivity contribution in [1.82, 2.24) is 5.32 Å². The Morgan fingerprint density at radius 3 is 2.33 bits per heavy atom. The third kappa shape index (κ3) is 4.84.